The SMILES string of the molecule is C[CH-]CC.[Li+].[Li+]. The Balaban J connectivity index is -0.0000000450. The van der Waals surface area contributed by atoms with Crippen LogP contribution in [0.25, 0.3) is 0 Å². The number of rotatable bonds is 1. The van der Waals surface area contributed by atoms with Crippen molar-refractivity contribution in [1.82, 2.24) is 0 Å². The molecule has 0 aromatic heterocycles. The van der Waals surface area contributed by atoms with E-state index in [9.17, 15) is 0 Å². The minimum atomic E-state index is 0. The molecule has 0 aromatic rings. The Bertz CT molecular complexity index is 7.51. The first-order valence-electron chi connectivity index (χ1n) is 1.69. The van der Waals surface area contributed by atoms with Crippen molar-refractivity contribution in [2.24, 2.45) is 0 Å². The quantitative estimate of drug-likeness (QED) is 0.216. The molecule has 0 rings (SSSR count). The van der Waals surface area contributed by atoms with E-state index in [4.69, 9.17) is 0 Å². The van der Waals surface area contributed by atoms with Gasteiger partial charge < -0.3 is 6.42 Å². The van der Waals surface area contributed by atoms with Gasteiger partial charge >= 0.3 is 37.7 Å². The van der Waals surface area contributed by atoms with E-state index in [0.717, 1.165) is 0 Å². The summed E-state index contributed by atoms with van der Waals surface area (Å²) in [7, 11) is 0. The van der Waals surface area contributed by atoms with E-state index in [2.05, 4.69) is 20.3 Å². The van der Waals surface area contributed by atoms with Gasteiger partial charge in [0.05, 0.1) is 0 Å². The molecule has 0 spiro atoms. The zero-order valence-corrected chi connectivity index (χ0v) is 5.28. The summed E-state index contributed by atoms with van der Waals surface area (Å²) in [6.45, 7) is 4.18. The van der Waals surface area contributed by atoms with Gasteiger partial charge in [0.15, 0.2) is 0 Å². The molecule has 0 saturated heterocycles. The molecule has 0 radical (unpaired) electrons. The average Bonchev–Trinajstić information content (AvgIpc) is 1.37. The zero-order chi connectivity index (χ0) is 3.41. The second-order valence-corrected chi connectivity index (χ2v) is 0.816. The van der Waals surface area contributed by atoms with Crippen molar-refractivity contribution in [3.05, 3.63) is 6.42 Å². The molecule has 0 atom stereocenters. The fourth-order valence-corrected chi connectivity index (χ4v) is 0. The molecule has 6 heavy (non-hydrogen) atoms. The zero-order valence-electron chi connectivity index (χ0n) is 5.28. The van der Waals surface area contributed by atoms with E-state index in [1.165, 1.54) is 6.42 Å². The van der Waals surface area contributed by atoms with Gasteiger partial charge in [0, 0.05) is 0 Å². The van der Waals surface area contributed by atoms with Crippen LogP contribution in [0, 0.1) is 6.42 Å². The minimum Gasteiger partial charge on any atom is -0.332 e. The van der Waals surface area contributed by atoms with Gasteiger partial charge in [-0.2, -0.15) is 13.3 Å². The molecule has 0 unspecified atom stereocenters. The fourth-order valence-electron chi connectivity index (χ4n) is 0. The Labute approximate surface area is 64.4 Å². The van der Waals surface area contributed by atoms with E-state index < -0.39 is 0 Å². The monoisotopic (exact) mass is 71.1 g/mol. The number of hydrogen-bond acceptors (Lipinski definition) is 0. The van der Waals surface area contributed by atoms with Crippen LogP contribution in [0.5, 0.6) is 0 Å². The van der Waals surface area contributed by atoms with Crippen LogP contribution in [0.4, 0.5) is 0 Å². The fraction of sp³-hybridized carbons (Fsp3) is 0.750. The molecular weight excluding hydrogens is 61.9 g/mol. The number of unbranched alkanes of at least 4 members (excludes halogenated alkanes) is 1. The molecule has 0 heterocycles. The summed E-state index contributed by atoms with van der Waals surface area (Å²) in [6.07, 6.45) is 3.32. The summed E-state index contributed by atoms with van der Waals surface area (Å²) in [5.74, 6) is 0. The van der Waals surface area contributed by atoms with Gasteiger partial charge in [-0.05, 0) is 0 Å². The third-order valence-electron chi connectivity index (χ3n) is 0.408. The molecule has 0 aliphatic heterocycles. The van der Waals surface area contributed by atoms with Crippen molar-refractivity contribution in [2.75, 3.05) is 0 Å². The first-order valence-corrected chi connectivity index (χ1v) is 1.69. The van der Waals surface area contributed by atoms with Crippen molar-refractivity contribution in [2.45, 2.75) is 20.3 Å². The summed E-state index contributed by atoms with van der Waals surface area (Å²) in [6, 6.07) is 0. The van der Waals surface area contributed by atoms with Gasteiger partial charge in [-0.15, -0.1) is 0 Å². The summed E-state index contributed by atoms with van der Waals surface area (Å²) >= 11 is 0. The molecule has 26 valence electrons. The normalized spacial score (nSPS) is 5.00. The maximum atomic E-state index is 2.12. The van der Waals surface area contributed by atoms with Crippen molar-refractivity contribution < 1.29 is 37.7 Å². The van der Waals surface area contributed by atoms with Gasteiger partial charge in [0.1, 0.15) is 0 Å². The van der Waals surface area contributed by atoms with Crippen molar-refractivity contribution in [1.29, 1.82) is 0 Å². The van der Waals surface area contributed by atoms with E-state index in [1.807, 2.05) is 0 Å². The second-order valence-electron chi connectivity index (χ2n) is 0.816. The van der Waals surface area contributed by atoms with E-state index in [-0.39, 0.29) is 37.7 Å². The van der Waals surface area contributed by atoms with Gasteiger partial charge in [-0.3, -0.25) is 0 Å². The Kier molecular flexibility index (Phi) is 42.8. The maximum absolute atomic E-state index is 2.12. The molecule has 0 saturated carbocycles. The Hall–Kier alpha value is 1.19. The van der Waals surface area contributed by atoms with Crippen LogP contribution in [0.15, 0.2) is 0 Å². The van der Waals surface area contributed by atoms with Crippen LogP contribution in [0.3, 0.4) is 0 Å². The first kappa shape index (κ1) is 15.7. The molecule has 0 aliphatic carbocycles. The predicted molar refractivity (Wildman–Crippen MR) is 20.3 cm³/mol. The molecule has 0 nitrogen and oxygen atoms in total. The van der Waals surface area contributed by atoms with Gasteiger partial charge in [-0.1, -0.05) is 6.92 Å². The van der Waals surface area contributed by atoms with Gasteiger partial charge in [0.25, 0.3) is 0 Å². The Morgan fingerprint density at radius 2 is 1.50 bits per heavy atom. The van der Waals surface area contributed by atoms with Crippen LogP contribution in [0.1, 0.15) is 20.3 Å². The maximum Gasteiger partial charge on any atom is 1.00 e. The van der Waals surface area contributed by atoms with E-state index in [0.29, 0.717) is 0 Å². The largest absolute Gasteiger partial charge is 1.00 e. The predicted octanol–water partition coefficient (Wildman–Crippen LogP) is -4.37. The van der Waals surface area contributed by atoms with Crippen LogP contribution < -0.4 is 37.7 Å². The smallest absolute Gasteiger partial charge is 0.332 e. The molecule has 0 N–H and O–H groups in total. The summed E-state index contributed by atoms with van der Waals surface area (Å²) in [4.78, 5) is 0. The van der Waals surface area contributed by atoms with Crippen molar-refractivity contribution in [3.63, 3.8) is 0 Å². The molecule has 0 amide bonds. The number of hydrogen-bond donors (Lipinski definition) is 0. The summed E-state index contributed by atoms with van der Waals surface area (Å²) < 4.78 is 0. The van der Waals surface area contributed by atoms with E-state index >= 15 is 0 Å². The van der Waals surface area contributed by atoms with E-state index in [1.54, 1.807) is 0 Å². The second kappa shape index (κ2) is 16.4. The molecule has 0 fully saturated rings. The standard InChI is InChI=1S/C4H9.2Li/c1-3-4-2;;/h3H,4H2,1-2H3;;/q-1;2*+1. The molecule has 0 bridgehead atoms. The topological polar surface area (TPSA) is 0 Å². The Morgan fingerprint density at radius 1 is 1.33 bits per heavy atom. The summed E-state index contributed by atoms with van der Waals surface area (Å²) in [5.41, 5.74) is 0. The third kappa shape index (κ3) is 19.0. The first-order chi connectivity index (χ1) is 1.91. The van der Waals surface area contributed by atoms with Crippen molar-refractivity contribution >= 4 is 0 Å². The Morgan fingerprint density at radius 3 is 1.50 bits per heavy atom. The summed E-state index contributed by atoms with van der Waals surface area (Å²) in [5, 5.41) is 0. The minimum absolute atomic E-state index is 0. The third-order valence-corrected chi connectivity index (χ3v) is 0.408. The molecule has 2 heteroatoms. The van der Waals surface area contributed by atoms with Crippen LogP contribution in [-0.4, -0.2) is 0 Å². The molecule has 0 aliphatic rings. The van der Waals surface area contributed by atoms with Crippen LogP contribution in [0.2, 0.25) is 0 Å². The van der Waals surface area contributed by atoms with Gasteiger partial charge in [0.2, 0.25) is 0 Å². The molecular formula is C4H9Li2+. The van der Waals surface area contributed by atoms with Crippen LogP contribution >= 0.6 is 0 Å². The van der Waals surface area contributed by atoms with Crippen molar-refractivity contribution in [3.8, 4) is 0 Å². The van der Waals surface area contributed by atoms with Gasteiger partial charge in [-0.25, -0.2) is 0 Å². The average molecular weight is 71.0 g/mol. The molecule has 0 aromatic carbocycles. The van der Waals surface area contributed by atoms with Crippen LogP contribution in [-0.2, 0) is 0 Å².